The van der Waals surface area contributed by atoms with Crippen molar-refractivity contribution in [2.75, 3.05) is 7.11 Å². The van der Waals surface area contributed by atoms with Gasteiger partial charge in [-0.05, 0) is 22.6 Å². The Morgan fingerprint density at radius 2 is 2.15 bits per heavy atom. The highest BCUT2D eigenvalue weighted by molar-refractivity contribution is 5.45. The number of aromatic nitrogens is 4. The van der Waals surface area contributed by atoms with Crippen molar-refractivity contribution in [3.05, 3.63) is 30.6 Å². The molecule has 0 radical (unpaired) electrons. The van der Waals surface area contributed by atoms with Crippen molar-refractivity contribution in [2.24, 2.45) is 0 Å². The maximum absolute atomic E-state index is 5.15. The van der Waals surface area contributed by atoms with Crippen LogP contribution in [0.1, 0.15) is 0 Å². The van der Waals surface area contributed by atoms with Crippen LogP contribution in [-0.4, -0.2) is 27.3 Å². The van der Waals surface area contributed by atoms with E-state index in [1.54, 1.807) is 11.8 Å². The summed E-state index contributed by atoms with van der Waals surface area (Å²) in [5.74, 6) is 0.745. The van der Waals surface area contributed by atoms with Crippen LogP contribution in [0.15, 0.2) is 30.6 Å². The first kappa shape index (κ1) is 7.72. The fourth-order valence-corrected chi connectivity index (χ4v) is 1.09. The van der Waals surface area contributed by atoms with Crippen LogP contribution in [0.5, 0.6) is 5.75 Å². The van der Waals surface area contributed by atoms with Gasteiger partial charge >= 0.3 is 0 Å². The molecule has 0 spiro atoms. The standard InChI is InChI=1S/C8H8N4O/c1-13-8-5-3-2-4-7(8)12-6-9-10-11-12/h2-6H,1H3. The third-order valence-corrected chi connectivity index (χ3v) is 1.68. The molecule has 2 rings (SSSR count). The van der Waals surface area contributed by atoms with Gasteiger partial charge in [0.05, 0.1) is 7.11 Å². The van der Waals surface area contributed by atoms with Gasteiger partial charge in [-0.15, -0.1) is 5.10 Å². The molecule has 0 bridgehead atoms. The van der Waals surface area contributed by atoms with E-state index in [0.29, 0.717) is 0 Å². The third-order valence-electron chi connectivity index (χ3n) is 1.68. The Kier molecular flexibility index (Phi) is 1.91. The smallest absolute Gasteiger partial charge is 0.144 e. The van der Waals surface area contributed by atoms with E-state index in [0.717, 1.165) is 11.4 Å². The lowest BCUT2D eigenvalue weighted by molar-refractivity contribution is 0.411. The van der Waals surface area contributed by atoms with E-state index in [2.05, 4.69) is 15.5 Å². The first-order valence-electron chi connectivity index (χ1n) is 3.78. The number of hydrogen-bond donors (Lipinski definition) is 0. The molecule has 0 atom stereocenters. The van der Waals surface area contributed by atoms with Crippen LogP contribution in [0.25, 0.3) is 5.69 Å². The van der Waals surface area contributed by atoms with E-state index >= 15 is 0 Å². The average Bonchev–Trinajstić information content (AvgIpc) is 2.70. The SMILES string of the molecule is COc1ccccc1-n1cnnn1. The molecule has 2 aromatic rings. The van der Waals surface area contributed by atoms with Gasteiger partial charge in [0.25, 0.3) is 0 Å². The molecule has 1 aromatic carbocycles. The van der Waals surface area contributed by atoms with Crippen LogP contribution in [-0.2, 0) is 0 Å². The van der Waals surface area contributed by atoms with Crippen molar-refractivity contribution in [2.45, 2.75) is 0 Å². The topological polar surface area (TPSA) is 52.8 Å². The maximum Gasteiger partial charge on any atom is 0.144 e. The zero-order valence-corrected chi connectivity index (χ0v) is 7.08. The van der Waals surface area contributed by atoms with Gasteiger partial charge in [-0.3, -0.25) is 0 Å². The summed E-state index contributed by atoms with van der Waals surface area (Å²) < 4.78 is 6.71. The molecule has 0 N–H and O–H groups in total. The van der Waals surface area contributed by atoms with Crippen molar-refractivity contribution in [3.8, 4) is 11.4 Å². The number of ether oxygens (including phenoxy) is 1. The Balaban J connectivity index is 2.51. The van der Waals surface area contributed by atoms with E-state index < -0.39 is 0 Å². The number of para-hydroxylation sites is 2. The van der Waals surface area contributed by atoms with Gasteiger partial charge in [0, 0.05) is 0 Å². The van der Waals surface area contributed by atoms with E-state index in [1.807, 2.05) is 24.3 Å². The highest BCUT2D eigenvalue weighted by atomic mass is 16.5. The molecular weight excluding hydrogens is 168 g/mol. The summed E-state index contributed by atoms with van der Waals surface area (Å²) >= 11 is 0. The number of nitrogens with zero attached hydrogens (tertiary/aromatic N) is 4. The van der Waals surface area contributed by atoms with E-state index in [-0.39, 0.29) is 0 Å². The van der Waals surface area contributed by atoms with Gasteiger partial charge in [0.15, 0.2) is 0 Å². The average molecular weight is 176 g/mol. The summed E-state index contributed by atoms with van der Waals surface area (Å²) in [6.45, 7) is 0. The Bertz CT molecular complexity index is 385. The van der Waals surface area contributed by atoms with E-state index in [9.17, 15) is 0 Å². The van der Waals surface area contributed by atoms with Gasteiger partial charge in [0.1, 0.15) is 17.8 Å². The third kappa shape index (κ3) is 1.35. The fraction of sp³-hybridized carbons (Fsp3) is 0.125. The van der Waals surface area contributed by atoms with Crippen molar-refractivity contribution in [1.82, 2.24) is 20.2 Å². The summed E-state index contributed by atoms with van der Waals surface area (Å²) in [5.41, 5.74) is 0.829. The molecule has 66 valence electrons. The normalized spacial score (nSPS) is 9.92. The molecule has 0 amide bonds. The summed E-state index contributed by atoms with van der Waals surface area (Å²) in [6, 6.07) is 7.54. The molecule has 5 heteroatoms. The van der Waals surface area contributed by atoms with Crippen molar-refractivity contribution >= 4 is 0 Å². The van der Waals surface area contributed by atoms with Crippen LogP contribution in [0.3, 0.4) is 0 Å². The number of rotatable bonds is 2. The van der Waals surface area contributed by atoms with Crippen LogP contribution >= 0.6 is 0 Å². The molecular formula is C8H8N4O. The van der Waals surface area contributed by atoms with E-state index in [4.69, 9.17) is 4.74 Å². The Morgan fingerprint density at radius 1 is 1.31 bits per heavy atom. The Hall–Kier alpha value is -1.91. The van der Waals surface area contributed by atoms with Crippen LogP contribution in [0, 0.1) is 0 Å². The van der Waals surface area contributed by atoms with Crippen molar-refractivity contribution in [3.63, 3.8) is 0 Å². The minimum Gasteiger partial charge on any atom is -0.494 e. The first-order chi connectivity index (χ1) is 6.42. The molecule has 0 saturated heterocycles. The van der Waals surface area contributed by atoms with Crippen molar-refractivity contribution < 1.29 is 4.74 Å². The van der Waals surface area contributed by atoms with Crippen LogP contribution in [0.4, 0.5) is 0 Å². The minimum atomic E-state index is 0.745. The fourth-order valence-electron chi connectivity index (χ4n) is 1.09. The Morgan fingerprint density at radius 3 is 2.85 bits per heavy atom. The lowest BCUT2D eigenvalue weighted by Crippen LogP contribution is -1.98. The maximum atomic E-state index is 5.15. The van der Waals surface area contributed by atoms with Gasteiger partial charge in [-0.2, -0.15) is 4.68 Å². The molecule has 1 aromatic heterocycles. The lowest BCUT2D eigenvalue weighted by Gasteiger charge is -2.05. The molecule has 13 heavy (non-hydrogen) atoms. The molecule has 0 saturated carbocycles. The second kappa shape index (κ2) is 3.22. The zero-order chi connectivity index (χ0) is 9.10. The zero-order valence-electron chi connectivity index (χ0n) is 7.08. The van der Waals surface area contributed by atoms with E-state index in [1.165, 1.54) is 6.33 Å². The second-order valence-corrected chi connectivity index (χ2v) is 2.43. The molecule has 0 aliphatic heterocycles. The minimum absolute atomic E-state index is 0.745. The Labute approximate surface area is 75.0 Å². The summed E-state index contributed by atoms with van der Waals surface area (Å²) in [4.78, 5) is 0. The monoisotopic (exact) mass is 176 g/mol. The molecule has 0 aliphatic rings. The predicted molar refractivity (Wildman–Crippen MR) is 45.7 cm³/mol. The second-order valence-electron chi connectivity index (χ2n) is 2.43. The van der Waals surface area contributed by atoms with Crippen LogP contribution in [0.2, 0.25) is 0 Å². The molecule has 0 fully saturated rings. The number of methoxy groups -OCH3 is 1. The van der Waals surface area contributed by atoms with Gasteiger partial charge in [0.2, 0.25) is 0 Å². The number of hydrogen-bond acceptors (Lipinski definition) is 4. The molecule has 0 aliphatic carbocycles. The quantitative estimate of drug-likeness (QED) is 0.674. The molecule has 5 nitrogen and oxygen atoms in total. The number of tetrazole rings is 1. The summed E-state index contributed by atoms with van der Waals surface area (Å²) in [5, 5.41) is 10.9. The van der Waals surface area contributed by atoms with Gasteiger partial charge < -0.3 is 4.74 Å². The summed E-state index contributed by atoms with van der Waals surface area (Å²) in [6.07, 6.45) is 1.53. The van der Waals surface area contributed by atoms with Gasteiger partial charge in [-0.25, -0.2) is 0 Å². The molecule has 1 heterocycles. The largest absolute Gasteiger partial charge is 0.494 e. The van der Waals surface area contributed by atoms with Gasteiger partial charge in [-0.1, -0.05) is 12.1 Å². The highest BCUT2D eigenvalue weighted by Gasteiger charge is 2.03. The summed E-state index contributed by atoms with van der Waals surface area (Å²) in [7, 11) is 1.61. The van der Waals surface area contributed by atoms with Crippen molar-refractivity contribution in [1.29, 1.82) is 0 Å². The highest BCUT2D eigenvalue weighted by Crippen LogP contribution is 2.19. The van der Waals surface area contributed by atoms with Crippen LogP contribution < -0.4 is 4.74 Å². The lowest BCUT2D eigenvalue weighted by atomic mass is 10.3. The molecule has 0 unspecified atom stereocenters. The predicted octanol–water partition coefficient (Wildman–Crippen LogP) is 0.671. The number of benzene rings is 1. The first-order valence-corrected chi connectivity index (χ1v) is 3.78.